The first-order chi connectivity index (χ1) is 8.04. The first kappa shape index (κ1) is 11.1. The smallest absolute Gasteiger partial charge is 0.341 e. The number of rotatable bonds is 2. The van der Waals surface area contributed by atoms with Crippen molar-refractivity contribution in [3.8, 4) is 0 Å². The molecule has 0 saturated heterocycles. The molecule has 0 unspecified atom stereocenters. The van der Waals surface area contributed by atoms with Crippen LogP contribution in [0.2, 0.25) is 0 Å². The van der Waals surface area contributed by atoms with Gasteiger partial charge in [0.2, 0.25) is 5.43 Å². The normalized spacial score (nSPS) is 10.5. The fraction of sp³-hybridized carbons (Fsp3) is 0.0909. The van der Waals surface area contributed by atoms with Crippen LogP contribution in [0.25, 0.3) is 10.9 Å². The van der Waals surface area contributed by atoms with Crippen LogP contribution in [0.5, 0.6) is 0 Å². The first-order valence-electron chi connectivity index (χ1n) is 4.67. The van der Waals surface area contributed by atoms with Crippen LogP contribution in [-0.2, 0) is 0 Å². The van der Waals surface area contributed by atoms with Gasteiger partial charge in [-0.3, -0.25) is 4.79 Å². The van der Waals surface area contributed by atoms with Crippen molar-refractivity contribution in [3.05, 3.63) is 46.0 Å². The van der Waals surface area contributed by atoms with Crippen molar-refractivity contribution in [2.75, 3.05) is 7.11 Å². The van der Waals surface area contributed by atoms with Gasteiger partial charge in [-0.2, -0.15) is 4.73 Å². The first-order valence-corrected chi connectivity index (χ1v) is 4.67. The van der Waals surface area contributed by atoms with Crippen molar-refractivity contribution in [1.29, 1.82) is 0 Å². The Labute approximate surface area is 94.6 Å². The van der Waals surface area contributed by atoms with E-state index in [0.29, 0.717) is 5.52 Å². The van der Waals surface area contributed by atoms with Crippen LogP contribution < -0.4 is 10.3 Å². The van der Waals surface area contributed by atoms with E-state index in [1.165, 1.54) is 13.2 Å². The van der Waals surface area contributed by atoms with Gasteiger partial charge >= 0.3 is 5.97 Å². The van der Waals surface area contributed by atoms with Crippen LogP contribution in [0.15, 0.2) is 29.2 Å². The molecule has 1 N–H and O–H groups in total. The maximum absolute atomic E-state index is 13.0. The summed E-state index contributed by atoms with van der Waals surface area (Å²) < 4.78 is 14.2. The van der Waals surface area contributed by atoms with E-state index in [1.807, 2.05) is 0 Å². The topological polar surface area (TPSA) is 68.5 Å². The van der Waals surface area contributed by atoms with E-state index in [1.54, 1.807) is 0 Å². The lowest BCUT2D eigenvalue weighted by atomic mass is 10.1. The van der Waals surface area contributed by atoms with Gasteiger partial charge in [-0.05, 0) is 18.2 Å². The molecule has 5 nitrogen and oxygen atoms in total. The minimum Gasteiger partial charge on any atom is -0.477 e. The minimum atomic E-state index is -1.38. The van der Waals surface area contributed by atoms with E-state index in [4.69, 9.17) is 9.94 Å². The molecule has 0 aliphatic carbocycles. The highest BCUT2D eigenvalue weighted by molar-refractivity contribution is 5.92. The maximum Gasteiger partial charge on any atom is 0.341 e. The van der Waals surface area contributed by atoms with Crippen molar-refractivity contribution < 1.29 is 19.1 Å². The molecule has 2 rings (SSSR count). The van der Waals surface area contributed by atoms with E-state index < -0.39 is 22.8 Å². The molecule has 0 fully saturated rings. The van der Waals surface area contributed by atoms with Crippen LogP contribution in [0.3, 0.4) is 0 Å². The predicted octanol–water partition coefficient (Wildman–Crippen LogP) is 0.897. The second-order valence-electron chi connectivity index (χ2n) is 3.35. The van der Waals surface area contributed by atoms with E-state index in [9.17, 15) is 14.0 Å². The quantitative estimate of drug-likeness (QED) is 0.842. The highest BCUT2D eigenvalue weighted by Gasteiger charge is 2.15. The Morgan fingerprint density at radius 2 is 2.18 bits per heavy atom. The lowest BCUT2D eigenvalue weighted by Crippen LogP contribution is -2.21. The van der Waals surface area contributed by atoms with Crippen LogP contribution in [0.1, 0.15) is 10.4 Å². The monoisotopic (exact) mass is 237 g/mol. The average molecular weight is 237 g/mol. The number of carboxylic acids is 1. The molecule has 17 heavy (non-hydrogen) atoms. The molecule has 0 aliphatic heterocycles. The number of pyridine rings is 1. The van der Waals surface area contributed by atoms with Gasteiger partial charge < -0.3 is 9.94 Å². The maximum atomic E-state index is 13.0. The summed E-state index contributed by atoms with van der Waals surface area (Å²) in [7, 11) is 1.32. The summed E-state index contributed by atoms with van der Waals surface area (Å²) >= 11 is 0. The highest BCUT2D eigenvalue weighted by atomic mass is 19.1. The van der Waals surface area contributed by atoms with Gasteiger partial charge in [-0.25, -0.2) is 9.18 Å². The van der Waals surface area contributed by atoms with Gasteiger partial charge in [0, 0.05) is 0 Å². The van der Waals surface area contributed by atoms with Gasteiger partial charge in [0.25, 0.3) is 0 Å². The van der Waals surface area contributed by atoms with Crippen molar-refractivity contribution in [3.63, 3.8) is 0 Å². The minimum absolute atomic E-state index is 0.0354. The standard InChI is InChI=1S/C11H8FNO4/c1-17-13-5-8(11(15)16)10(14)7-4-6(12)2-3-9(7)13/h2-5H,1H3,(H,15,16). The van der Waals surface area contributed by atoms with E-state index in [2.05, 4.69) is 0 Å². The molecule has 0 amide bonds. The van der Waals surface area contributed by atoms with Crippen LogP contribution >= 0.6 is 0 Å². The molecular formula is C11H8FNO4. The zero-order valence-corrected chi connectivity index (χ0v) is 8.81. The number of benzene rings is 1. The zero-order valence-electron chi connectivity index (χ0n) is 8.81. The fourth-order valence-corrected chi connectivity index (χ4v) is 1.58. The van der Waals surface area contributed by atoms with Gasteiger partial charge in [0.15, 0.2) is 0 Å². The number of nitrogens with zero attached hydrogens (tertiary/aromatic N) is 1. The van der Waals surface area contributed by atoms with Crippen LogP contribution in [0, 0.1) is 5.82 Å². The number of halogens is 1. The molecule has 1 aromatic carbocycles. The molecular weight excluding hydrogens is 229 g/mol. The molecule has 0 atom stereocenters. The molecule has 6 heteroatoms. The number of aromatic carboxylic acids is 1. The number of carboxylic acid groups (broad SMARTS) is 1. The van der Waals surface area contributed by atoms with Gasteiger partial charge in [0.05, 0.1) is 17.1 Å². The number of fused-ring (bicyclic) bond motifs is 1. The number of hydrogen-bond donors (Lipinski definition) is 1. The Bertz CT molecular complexity index is 662. The number of carbonyl (C=O) groups is 1. The van der Waals surface area contributed by atoms with E-state index in [0.717, 1.165) is 23.1 Å². The number of hydrogen-bond acceptors (Lipinski definition) is 3. The average Bonchev–Trinajstić information content (AvgIpc) is 2.29. The fourth-order valence-electron chi connectivity index (χ4n) is 1.58. The predicted molar refractivity (Wildman–Crippen MR) is 57.6 cm³/mol. The molecule has 1 heterocycles. The van der Waals surface area contributed by atoms with Crippen LogP contribution in [0.4, 0.5) is 4.39 Å². The summed E-state index contributed by atoms with van der Waals surface area (Å²) in [6, 6.07) is 3.50. The lowest BCUT2D eigenvalue weighted by molar-refractivity contribution is 0.0691. The second-order valence-corrected chi connectivity index (χ2v) is 3.35. The molecule has 0 radical (unpaired) electrons. The summed E-state index contributed by atoms with van der Waals surface area (Å²) in [5, 5.41) is 8.82. The second kappa shape index (κ2) is 3.89. The molecule has 0 saturated carbocycles. The molecule has 88 valence electrons. The van der Waals surface area contributed by atoms with Crippen molar-refractivity contribution in [2.24, 2.45) is 0 Å². The van der Waals surface area contributed by atoms with E-state index in [-0.39, 0.29) is 5.39 Å². The Kier molecular flexibility index (Phi) is 2.55. The Balaban J connectivity index is 2.96. The zero-order chi connectivity index (χ0) is 12.6. The number of aromatic nitrogens is 1. The lowest BCUT2D eigenvalue weighted by Gasteiger charge is -2.09. The van der Waals surface area contributed by atoms with Crippen molar-refractivity contribution in [1.82, 2.24) is 4.73 Å². The van der Waals surface area contributed by atoms with Gasteiger partial charge in [0.1, 0.15) is 18.5 Å². The molecule has 2 aromatic rings. The highest BCUT2D eigenvalue weighted by Crippen LogP contribution is 2.12. The van der Waals surface area contributed by atoms with E-state index >= 15 is 0 Å². The molecule has 0 spiro atoms. The summed E-state index contributed by atoms with van der Waals surface area (Å²) in [4.78, 5) is 27.5. The van der Waals surface area contributed by atoms with Crippen molar-refractivity contribution >= 4 is 16.9 Å². The Morgan fingerprint density at radius 3 is 2.76 bits per heavy atom. The Morgan fingerprint density at radius 1 is 1.47 bits per heavy atom. The third-order valence-corrected chi connectivity index (χ3v) is 2.36. The van der Waals surface area contributed by atoms with Crippen molar-refractivity contribution in [2.45, 2.75) is 0 Å². The molecule has 0 bridgehead atoms. The molecule has 1 aromatic heterocycles. The third-order valence-electron chi connectivity index (χ3n) is 2.36. The SMILES string of the molecule is COn1cc(C(=O)O)c(=O)c2cc(F)ccc21. The largest absolute Gasteiger partial charge is 0.477 e. The van der Waals surface area contributed by atoms with Gasteiger partial charge in [-0.15, -0.1) is 0 Å². The summed E-state index contributed by atoms with van der Waals surface area (Å²) in [6.45, 7) is 0. The van der Waals surface area contributed by atoms with Crippen LogP contribution in [-0.4, -0.2) is 22.9 Å². The summed E-state index contributed by atoms with van der Waals surface area (Å²) in [6.07, 6.45) is 1.06. The summed E-state index contributed by atoms with van der Waals surface area (Å²) in [5.74, 6) is -1.99. The molecule has 0 aliphatic rings. The summed E-state index contributed by atoms with van der Waals surface area (Å²) in [5.41, 5.74) is -0.894. The third kappa shape index (κ3) is 1.73. The van der Waals surface area contributed by atoms with Gasteiger partial charge in [-0.1, -0.05) is 0 Å². The Hall–Kier alpha value is -2.37.